The van der Waals surface area contributed by atoms with E-state index in [1.165, 1.54) is 19.6 Å². The normalized spacial score (nSPS) is 12.1. The molecule has 1 N–H and O–H groups in total. The Hall–Kier alpha value is -2.82. The van der Waals surface area contributed by atoms with Crippen LogP contribution in [0.15, 0.2) is 47.5 Å². The Labute approximate surface area is 135 Å². The third-order valence-corrected chi connectivity index (χ3v) is 3.24. The van der Waals surface area contributed by atoms with Crippen molar-refractivity contribution in [1.29, 1.82) is 0 Å². The maximum absolute atomic E-state index is 10.9. The molecule has 0 aliphatic carbocycles. The van der Waals surface area contributed by atoms with Gasteiger partial charge in [0.2, 0.25) is 0 Å². The molecular formula is C18H19NO4. The summed E-state index contributed by atoms with van der Waals surface area (Å²) in [7, 11) is 1.51. The molecule has 0 heterocycles. The van der Waals surface area contributed by atoms with Crippen molar-refractivity contribution in [3.05, 3.63) is 53.6 Å². The smallest absolute Gasteiger partial charge is 0.344 e. The Morgan fingerprint density at radius 1 is 1.17 bits per heavy atom. The molecule has 5 nitrogen and oxygen atoms in total. The van der Waals surface area contributed by atoms with Gasteiger partial charge in [-0.05, 0) is 49.7 Å². The minimum atomic E-state index is -1.03. The fourth-order valence-corrected chi connectivity index (χ4v) is 1.88. The summed E-state index contributed by atoms with van der Waals surface area (Å²) in [6, 6.07) is 13.1. The molecule has 0 spiro atoms. The molecule has 0 saturated carbocycles. The number of carboxylic acids is 1. The van der Waals surface area contributed by atoms with Crippen LogP contribution in [0.2, 0.25) is 0 Å². The minimum Gasteiger partial charge on any atom is -0.493 e. The first-order valence-corrected chi connectivity index (χ1v) is 7.18. The van der Waals surface area contributed by atoms with Crippen molar-refractivity contribution in [3.63, 3.8) is 0 Å². The maximum Gasteiger partial charge on any atom is 0.344 e. The van der Waals surface area contributed by atoms with Crippen molar-refractivity contribution in [2.24, 2.45) is 4.99 Å². The number of hydrogen-bond donors (Lipinski definition) is 1. The summed E-state index contributed by atoms with van der Waals surface area (Å²) in [6.45, 7) is 3.49. The molecule has 0 aliphatic rings. The van der Waals surface area contributed by atoms with Gasteiger partial charge in [0.25, 0.3) is 0 Å². The summed E-state index contributed by atoms with van der Waals surface area (Å²) in [5.74, 6) is -0.182. The highest BCUT2D eigenvalue weighted by atomic mass is 16.5. The molecule has 23 heavy (non-hydrogen) atoms. The number of hydrogen-bond acceptors (Lipinski definition) is 4. The van der Waals surface area contributed by atoms with Crippen LogP contribution in [-0.4, -0.2) is 30.5 Å². The third-order valence-electron chi connectivity index (χ3n) is 3.24. The highest BCUT2D eigenvalue weighted by molar-refractivity contribution is 5.83. The van der Waals surface area contributed by atoms with E-state index < -0.39 is 12.1 Å². The monoisotopic (exact) mass is 313 g/mol. The Kier molecular flexibility index (Phi) is 5.36. The number of rotatable bonds is 6. The molecule has 2 aromatic carbocycles. The summed E-state index contributed by atoms with van der Waals surface area (Å²) < 4.78 is 10.6. The summed E-state index contributed by atoms with van der Waals surface area (Å²) in [4.78, 5) is 15.3. The van der Waals surface area contributed by atoms with Crippen molar-refractivity contribution in [1.82, 2.24) is 0 Å². The average Bonchev–Trinajstić information content (AvgIpc) is 2.55. The third kappa shape index (κ3) is 4.57. The van der Waals surface area contributed by atoms with Crippen molar-refractivity contribution < 1.29 is 19.4 Å². The fraction of sp³-hybridized carbons (Fsp3) is 0.222. The van der Waals surface area contributed by atoms with Crippen LogP contribution in [0.4, 0.5) is 5.69 Å². The summed E-state index contributed by atoms with van der Waals surface area (Å²) >= 11 is 0. The molecule has 5 heteroatoms. The predicted octanol–water partition coefficient (Wildman–Crippen LogP) is 3.61. The van der Waals surface area contributed by atoms with E-state index in [1.54, 1.807) is 24.4 Å². The van der Waals surface area contributed by atoms with Gasteiger partial charge in [-0.2, -0.15) is 0 Å². The summed E-state index contributed by atoms with van der Waals surface area (Å²) in [5.41, 5.74) is 2.87. The lowest BCUT2D eigenvalue weighted by Gasteiger charge is -2.14. The zero-order valence-corrected chi connectivity index (χ0v) is 13.3. The van der Waals surface area contributed by atoms with Crippen LogP contribution in [-0.2, 0) is 4.79 Å². The van der Waals surface area contributed by atoms with Crippen molar-refractivity contribution in [3.8, 4) is 11.5 Å². The van der Waals surface area contributed by atoms with Crippen LogP contribution in [0.5, 0.6) is 11.5 Å². The van der Waals surface area contributed by atoms with E-state index in [0.29, 0.717) is 11.5 Å². The number of benzene rings is 2. The van der Waals surface area contributed by atoms with Crippen molar-refractivity contribution in [2.75, 3.05) is 7.11 Å². The largest absolute Gasteiger partial charge is 0.493 e. The Bertz CT molecular complexity index is 707. The number of methoxy groups -OCH3 is 1. The average molecular weight is 313 g/mol. The highest BCUT2D eigenvalue weighted by Crippen LogP contribution is 2.28. The number of carbonyl (C=O) groups is 1. The first-order valence-electron chi connectivity index (χ1n) is 7.18. The second-order valence-corrected chi connectivity index (χ2v) is 5.10. The summed E-state index contributed by atoms with van der Waals surface area (Å²) in [6.07, 6.45) is 0.772. The van der Waals surface area contributed by atoms with Gasteiger partial charge in [-0.3, -0.25) is 4.99 Å². The predicted molar refractivity (Wildman–Crippen MR) is 89.2 cm³/mol. The van der Waals surface area contributed by atoms with Crippen LogP contribution in [0.25, 0.3) is 0 Å². The topological polar surface area (TPSA) is 68.1 Å². The molecular weight excluding hydrogens is 294 g/mol. The number of nitrogens with zero attached hydrogens (tertiary/aromatic N) is 1. The lowest BCUT2D eigenvalue weighted by Crippen LogP contribution is -2.23. The van der Waals surface area contributed by atoms with Crippen LogP contribution in [0.3, 0.4) is 0 Å². The van der Waals surface area contributed by atoms with E-state index in [4.69, 9.17) is 14.6 Å². The van der Waals surface area contributed by atoms with Crippen LogP contribution in [0.1, 0.15) is 18.1 Å². The van der Waals surface area contributed by atoms with E-state index in [9.17, 15) is 4.79 Å². The number of aliphatic carboxylic acids is 1. The van der Waals surface area contributed by atoms with Gasteiger partial charge in [-0.15, -0.1) is 0 Å². The first-order chi connectivity index (χ1) is 11.0. The van der Waals surface area contributed by atoms with Gasteiger partial charge in [-0.1, -0.05) is 17.7 Å². The molecule has 0 fully saturated rings. The summed E-state index contributed by atoms with van der Waals surface area (Å²) in [5, 5.41) is 8.90. The Morgan fingerprint density at radius 3 is 2.48 bits per heavy atom. The molecule has 0 aromatic heterocycles. The number of aryl methyl sites for hydroxylation is 1. The molecule has 0 bridgehead atoms. The van der Waals surface area contributed by atoms with E-state index in [2.05, 4.69) is 4.99 Å². The molecule has 120 valence electrons. The van der Waals surface area contributed by atoms with Gasteiger partial charge < -0.3 is 14.6 Å². The molecule has 2 aromatic rings. The van der Waals surface area contributed by atoms with Crippen molar-refractivity contribution >= 4 is 17.9 Å². The van der Waals surface area contributed by atoms with Crippen LogP contribution in [0, 0.1) is 6.92 Å². The number of aliphatic imine (C=N–C) groups is 1. The molecule has 1 atom stereocenters. The van der Waals surface area contributed by atoms with Crippen molar-refractivity contribution in [2.45, 2.75) is 20.0 Å². The lowest BCUT2D eigenvalue weighted by molar-refractivity contribution is -0.144. The standard InChI is InChI=1S/C18H19NO4/c1-12-4-7-15(8-5-12)19-11-14-6-9-16(17(10-14)22-3)23-13(2)18(20)21/h4-11,13H,1-3H3,(H,20,21)/t13-/m1/s1. The van der Waals surface area contributed by atoms with Gasteiger partial charge >= 0.3 is 5.97 Å². The zero-order chi connectivity index (χ0) is 16.8. The van der Waals surface area contributed by atoms with Gasteiger partial charge in [0.15, 0.2) is 17.6 Å². The second-order valence-electron chi connectivity index (χ2n) is 5.10. The fourth-order valence-electron chi connectivity index (χ4n) is 1.88. The highest BCUT2D eigenvalue weighted by Gasteiger charge is 2.15. The van der Waals surface area contributed by atoms with Crippen LogP contribution < -0.4 is 9.47 Å². The molecule has 0 amide bonds. The maximum atomic E-state index is 10.9. The Balaban J connectivity index is 2.18. The van der Waals surface area contributed by atoms with Crippen LogP contribution >= 0.6 is 0 Å². The first kappa shape index (κ1) is 16.5. The molecule has 0 aliphatic heterocycles. The minimum absolute atomic E-state index is 0.384. The van der Waals surface area contributed by atoms with E-state index in [1.807, 2.05) is 31.2 Å². The quantitative estimate of drug-likeness (QED) is 0.827. The van der Waals surface area contributed by atoms with Gasteiger partial charge in [0, 0.05) is 6.21 Å². The molecule has 0 saturated heterocycles. The van der Waals surface area contributed by atoms with E-state index in [-0.39, 0.29) is 0 Å². The number of carboxylic acid groups (broad SMARTS) is 1. The van der Waals surface area contributed by atoms with Gasteiger partial charge in [0.1, 0.15) is 0 Å². The SMILES string of the molecule is COc1cc(C=Nc2ccc(C)cc2)ccc1O[C@H](C)C(=O)O. The van der Waals surface area contributed by atoms with E-state index in [0.717, 1.165) is 11.3 Å². The molecule has 2 rings (SSSR count). The van der Waals surface area contributed by atoms with E-state index >= 15 is 0 Å². The lowest BCUT2D eigenvalue weighted by atomic mass is 10.2. The molecule has 0 unspecified atom stereocenters. The number of ether oxygens (including phenoxy) is 2. The Morgan fingerprint density at radius 2 is 1.87 bits per heavy atom. The van der Waals surface area contributed by atoms with Gasteiger partial charge in [0.05, 0.1) is 12.8 Å². The second kappa shape index (κ2) is 7.45. The van der Waals surface area contributed by atoms with Gasteiger partial charge in [-0.25, -0.2) is 4.79 Å². The zero-order valence-electron chi connectivity index (χ0n) is 13.3. The molecule has 0 radical (unpaired) electrons.